The van der Waals surface area contributed by atoms with Crippen molar-refractivity contribution in [2.24, 2.45) is 0 Å². The fourth-order valence-electron chi connectivity index (χ4n) is 3.19. The summed E-state index contributed by atoms with van der Waals surface area (Å²) in [4.78, 5) is 28.1. The number of halogens is 4. The Morgan fingerprint density at radius 1 is 1.24 bits per heavy atom. The molecule has 11 heteroatoms. The summed E-state index contributed by atoms with van der Waals surface area (Å²) in [5.41, 5.74) is 0.556. The van der Waals surface area contributed by atoms with Crippen molar-refractivity contribution < 1.29 is 31.9 Å². The number of hydrogen-bond acceptors (Lipinski definition) is 5. The maximum absolute atomic E-state index is 13.7. The Bertz CT molecular complexity index is 1180. The van der Waals surface area contributed by atoms with Gasteiger partial charge in [0.15, 0.2) is 5.13 Å². The molecule has 2 aromatic heterocycles. The van der Waals surface area contributed by atoms with Gasteiger partial charge in [-0.25, -0.2) is 9.37 Å². The van der Waals surface area contributed by atoms with Gasteiger partial charge in [0.25, 0.3) is 5.91 Å². The van der Waals surface area contributed by atoms with Crippen LogP contribution in [0.15, 0.2) is 35.8 Å². The third-order valence-electron chi connectivity index (χ3n) is 4.94. The molecule has 182 valence electrons. The lowest BCUT2D eigenvalue weighted by Crippen LogP contribution is -2.17. The van der Waals surface area contributed by atoms with Crippen LogP contribution in [0.4, 0.5) is 22.7 Å². The number of ether oxygens (including phenoxy) is 1. The number of hydrogen-bond donors (Lipinski definition) is 1. The van der Waals surface area contributed by atoms with Gasteiger partial charge in [-0.05, 0) is 35.2 Å². The summed E-state index contributed by atoms with van der Waals surface area (Å²) in [6.45, 7) is 5.28. The number of alkyl halides is 3. The molecular formula is C23H23F4N3O3S. The highest BCUT2D eigenvalue weighted by atomic mass is 32.1. The Morgan fingerprint density at radius 2 is 1.97 bits per heavy atom. The standard InChI is InChI=1S/C23H23F4N3O3S/c1-13(2)16-9-20(21(32)29-22-28-17(12-34-22)6-7-33-14(3)31)30(11-16)10-15-4-5-19(24)18(8-15)23(25,26)27/h4-5,8-9,11-13H,6-7,10H2,1-3H3,(H,28,29,32). The van der Waals surface area contributed by atoms with Gasteiger partial charge < -0.3 is 9.30 Å². The molecule has 1 amide bonds. The van der Waals surface area contributed by atoms with Crippen LogP contribution in [0.1, 0.15) is 59.6 Å². The van der Waals surface area contributed by atoms with Crippen molar-refractivity contribution in [3.05, 3.63) is 69.7 Å². The van der Waals surface area contributed by atoms with Crippen LogP contribution in [0.2, 0.25) is 0 Å². The smallest absolute Gasteiger partial charge is 0.419 e. The van der Waals surface area contributed by atoms with Crippen molar-refractivity contribution in [1.29, 1.82) is 0 Å². The highest BCUT2D eigenvalue weighted by molar-refractivity contribution is 7.14. The first-order chi connectivity index (χ1) is 15.9. The number of nitrogens with zero attached hydrogens (tertiary/aromatic N) is 2. The Morgan fingerprint density at radius 3 is 2.62 bits per heavy atom. The molecule has 0 spiro atoms. The largest absolute Gasteiger partial charge is 0.465 e. The highest BCUT2D eigenvalue weighted by Crippen LogP contribution is 2.32. The van der Waals surface area contributed by atoms with Gasteiger partial charge in [-0.2, -0.15) is 13.2 Å². The second-order valence-electron chi connectivity index (χ2n) is 7.94. The molecular weight excluding hydrogens is 474 g/mol. The molecule has 3 rings (SSSR count). The van der Waals surface area contributed by atoms with Crippen LogP contribution >= 0.6 is 11.3 Å². The number of benzene rings is 1. The number of aromatic nitrogens is 2. The molecule has 3 aromatic rings. The van der Waals surface area contributed by atoms with Crippen LogP contribution in [-0.2, 0) is 28.7 Å². The lowest BCUT2D eigenvalue weighted by atomic mass is 10.1. The van der Waals surface area contributed by atoms with E-state index in [1.54, 1.807) is 17.6 Å². The average Bonchev–Trinajstić information content (AvgIpc) is 3.35. The van der Waals surface area contributed by atoms with Gasteiger partial charge in [0.1, 0.15) is 11.5 Å². The Hall–Kier alpha value is -3.21. The number of esters is 1. The lowest BCUT2D eigenvalue weighted by molar-refractivity contribution is -0.141. The van der Waals surface area contributed by atoms with E-state index in [9.17, 15) is 27.2 Å². The van der Waals surface area contributed by atoms with Crippen molar-refractivity contribution in [3.63, 3.8) is 0 Å². The van der Waals surface area contributed by atoms with E-state index >= 15 is 0 Å². The van der Waals surface area contributed by atoms with E-state index in [0.717, 1.165) is 17.7 Å². The number of rotatable bonds is 8. The molecule has 0 atom stereocenters. The van der Waals surface area contributed by atoms with E-state index in [1.165, 1.54) is 28.9 Å². The van der Waals surface area contributed by atoms with E-state index in [1.807, 2.05) is 13.8 Å². The van der Waals surface area contributed by atoms with Crippen molar-refractivity contribution in [2.45, 2.75) is 45.8 Å². The molecule has 6 nitrogen and oxygen atoms in total. The predicted octanol–water partition coefficient (Wildman–Crippen LogP) is 5.63. The molecule has 0 unspecified atom stereocenters. The summed E-state index contributed by atoms with van der Waals surface area (Å²) in [6.07, 6.45) is -2.73. The zero-order valence-corrected chi connectivity index (χ0v) is 19.5. The molecule has 0 fully saturated rings. The second kappa shape index (κ2) is 10.4. The van der Waals surface area contributed by atoms with Crippen molar-refractivity contribution in [3.8, 4) is 0 Å². The first kappa shape index (κ1) is 25.4. The van der Waals surface area contributed by atoms with E-state index in [0.29, 0.717) is 17.2 Å². The van der Waals surface area contributed by atoms with Crippen LogP contribution in [0.5, 0.6) is 0 Å². The van der Waals surface area contributed by atoms with Gasteiger partial charge in [0, 0.05) is 31.5 Å². The molecule has 0 saturated carbocycles. The predicted molar refractivity (Wildman–Crippen MR) is 119 cm³/mol. The van der Waals surface area contributed by atoms with Gasteiger partial charge in [-0.3, -0.25) is 14.9 Å². The van der Waals surface area contributed by atoms with E-state index < -0.39 is 29.4 Å². The van der Waals surface area contributed by atoms with E-state index in [-0.39, 0.29) is 30.3 Å². The summed E-state index contributed by atoms with van der Waals surface area (Å²) in [5, 5.41) is 4.77. The summed E-state index contributed by atoms with van der Waals surface area (Å²) < 4.78 is 59.4. The van der Waals surface area contributed by atoms with E-state index in [4.69, 9.17) is 4.74 Å². The molecule has 0 aliphatic rings. The number of carbonyl (C=O) groups is 2. The molecule has 0 radical (unpaired) electrons. The first-order valence-electron chi connectivity index (χ1n) is 10.4. The molecule has 0 saturated heterocycles. The van der Waals surface area contributed by atoms with Gasteiger partial charge in [0.2, 0.25) is 0 Å². The Kier molecular flexibility index (Phi) is 7.75. The minimum absolute atomic E-state index is 0.0513. The van der Waals surface area contributed by atoms with Crippen LogP contribution in [-0.4, -0.2) is 28.0 Å². The fraction of sp³-hybridized carbons (Fsp3) is 0.348. The fourth-order valence-corrected chi connectivity index (χ4v) is 3.93. The minimum atomic E-state index is -4.82. The van der Waals surface area contributed by atoms with Gasteiger partial charge in [-0.1, -0.05) is 19.9 Å². The average molecular weight is 498 g/mol. The van der Waals surface area contributed by atoms with Crippen LogP contribution < -0.4 is 5.32 Å². The molecule has 0 bridgehead atoms. The minimum Gasteiger partial charge on any atom is -0.465 e. The Labute approximate surface area is 197 Å². The molecule has 1 N–H and O–H groups in total. The summed E-state index contributed by atoms with van der Waals surface area (Å²) in [6, 6.07) is 4.46. The van der Waals surface area contributed by atoms with Gasteiger partial charge in [-0.15, -0.1) is 11.3 Å². The molecule has 0 aliphatic carbocycles. The summed E-state index contributed by atoms with van der Waals surface area (Å²) >= 11 is 1.20. The van der Waals surface area contributed by atoms with Crippen molar-refractivity contribution >= 4 is 28.3 Å². The SMILES string of the molecule is CC(=O)OCCc1csc(NC(=O)c2cc(C(C)C)cn2Cc2ccc(F)c(C(F)(F)F)c2)n1. The molecule has 2 heterocycles. The number of anilines is 1. The lowest BCUT2D eigenvalue weighted by Gasteiger charge is -2.12. The van der Waals surface area contributed by atoms with Crippen LogP contribution in [0, 0.1) is 5.82 Å². The third-order valence-corrected chi connectivity index (χ3v) is 5.75. The number of carbonyl (C=O) groups excluding carboxylic acids is 2. The number of thiazole rings is 1. The topological polar surface area (TPSA) is 73.2 Å². The van der Waals surface area contributed by atoms with Crippen LogP contribution in [0.25, 0.3) is 0 Å². The molecule has 34 heavy (non-hydrogen) atoms. The number of amides is 1. The first-order valence-corrected chi connectivity index (χ1v) is 11.3. The Balaban J connectivity index is 1.81. The maximum Gasteiger partial charge on any atom is 0.419 e. The van der Waals surface area contributed by atoms with Crippen molar-refractivity contribution in [1.82, 2.24) is 9.55 Å². The van der Waals surface area contributed by atoms with Crippen LogP contribution in [0.3, 0.4) is 0 Å². The molecule has 1 aromatic carbocycles. The summed E-state index contributed by atoms with van der Waals surface area (Å²) in [5.74, 6) is -2.16. The summed E-state index contributed by atoms with van der Waals surface area (Å²) in [7, 11) is 0. The second-order valence-corrected chi connectivity index (χ2v) is 8.80. The number of nitrogens with one attached hydrogen (secondary N) is 1. The van der Waals surface area contributed by atoms with E-state index in [2.05, 4.69) is 10.3 Å². The normalized spacial score (nSPS) is 11.6. The van der Waals surface area contributed by atoms with Gasteiger partial charge >= 0.3 is 12.1 Å². The highest BCUT2D eigenvalue weighted by Gasteiger charge is 2.34. The maximum atomic E-state index is 13.7. The van der Waals surface area contributed by atoms with Gasteiger partial charge in [0.05, 0.1) is 17.9 Å². The third kappa shape index (κ3) is 6.43. The molecule has 0 aliphatic heterocycles. The monoisotopic (exact) mass is 497 g/mol. The zero-order chi connectivity index (χ0) is 25.0. The van der Waals surface area contributed by atoms with Crippen molar-refractivity contribution in [2.75, 3.05) is 11.9 Å². The quantitative estimate of drug-likeness (QED) is 0.323. The zero-order valence-electron chi connectivity index (χ0n) is 18.7.